The summed E-state index contributed by atoms with van der Waals surface area (Å²) in [6, 6.07) is 12.9. The average Bonchev–Trinajstić information content (AvgIpc) is 3.16. The zero-order chi connectivity index (χ0) is 22.2. The number of amidine groups is 1. The number of aliphatic imine (C=N–C) groups is 1. The first-order chi connectivity index (χ1) is 14.7. The fourth-order valence-corrected chi connectivity index (χ4v) is 6.86. The zero-order valence-electron chi connectivity index (χ0n) is 17.3. The van der Waals surface area contributed by atoms with Gasteiger partial charge in [0.1, 0.15) is 0 Å². The van der Waals surface area contributed by atoms with Crippen LogP contribution in [0.4, 0.5) is 5.69 Å². The van der Waals surface area contributed by atoms with E-state index >= 15 is 0 Å². The van der Waals surface area contributed by atoms with Gasteiger partial charge in [-0.05, 0) is 43.2 Å². The molecule has 2 aliphatic rings. The third-order valence-corrected chi connectivity index (χ3v) is 8.43. The predicted molar refractivity (Wildman–Crippen MR) is 128 cm³/mol. The lowest BCUT2D eigenvalue weighted by Crippen LogP contribution is -2.38. The highest BCUT2D eigenvalue weighted by Crippen LogP contribution is 2.32. The van der Waals surface area contributed by atoms with Crippen LogP contribution >= 0.6 is 23.4 Å². The smallest absolute Gasteiger partial charge is 0.234 e. The molecule has 2 aromatic carbocycles. The van der Waals surface area contributed by atoms with E-state index < -0.39 is 9.84 Å². The lowest BCUT2D eigenvalue weighted by Gasteiger charge is -2.26. The molecule has 2 aliphatic heterocycles. The Morgan fingerprint density at radius 2 is 1.94 bits per heavy atom. The van der Waals surface area contributed by atoms with Crippen molar-refractivity contribution in [2.45, 2.75) is 32.5 Å². The second-order valence-electron chi connectivity index (χ2n) is 8.03. The fraction of sp³-hybridized carbons (Fsp3) is 0.364. The second-order valence-corrected chi connectivity index (χ2v) is 11.6. The van der Waals surface area contributed by atoms with Crippen LogP contribution in [0.2, 0.25) is 5.02 Å². The number of rotatable bonds is 5. The van der Waals surface area contributed by atoms with Crippen molar-refractivity contribution >= 4 is 50.0 Å². The molecule has 4 rings (SSSR count). The number of nitrogens with zero attached hydrogens (tertiary/aromatic N) is 2. The first kappa shape index (κ1) is 22.2. The molecule has 0 spiro atoms. The SMILES string of the molecule is Cc1ccc(NC(=O)CSC2=N[C@@H]3CS(=O)(=O)C[C@@H]3N2Cc2ccc(Cl)cc2)c(C)c1. The summed E-state index contributed by atoms with van der Waals surface area (Å²) < 4.78 is 24.3. The number of fused-ring (bicyclic) bond motifs is 1. The van der Waals surface area contributed by atoms with Crippen LogP contribution in [0.1, 0.15) is 16.7 Å². The van der Waals surface area contributed by atoms with E-state index in [1.54, 1.807) is 0 Å². The maximum Gasteiger partial charge on any atom is 0.234 e. The quantitative estimate of drug-likeness (QED) is 0.710. The molecule has 1 amide bonds. The van der Waals surface area contributed by atoms with E-state index in [2.05, 4.69) is 10.3 Å². The Bertz CT molecular complexity index is 1130. The van der Waals surface area contributed by atoms with Crippen molar-refractivity contribution < 1.29 is 13.2 Å². The van der Waals surface area contributed by atoms with E-state index in [-0.39, 0.29) is 35.2 Å². The number of nitrogens with one attached hydrogen (secondary N) is 1. The summed E-state index contributed by atoms with van der Waals surface area (Å²) in [6.07, 6.45) is 0. The number of sulfone groups is 1. The van der Waals surface area contributed by atoms with Crippen LogP contribution in [0, 0.1) is 13.8 Å². The number of carbonyl (C=O) groups excluding carboxylic acids is 1. The highest BCUT2D eigenvalue weighted by Gasteiger charge is 2.46. The molecule has 1 saturated heterocycles. The van der Waals surface area contributed by atoms with Crippen LogP contribution in [-0.4, -0.2) is 53.7 Å². The number of aryl methyl sites for hydroxylation is 2. The Labute approximate surface area is 192 Å². The van der Waals surface area contributed by atoms with Crippen LogP contribution in [0.25, 0.3) is 0 Å². The summed E-state index contributed by atoms with van der Waals surface area (Å²) in [4.78, 5) is 19.2. The number of anilines is 1. The minimum atomic E-state index is -3.10. The number of amides is 1. The number of halogens is 1. The third-order valence-electron chi connectivity index (χ3n) is 5.47. The molecule has 0 bridgehead atoms. The molecule has 0 aromatic heterocycles. The first-order valence-electron chi connectivity index (χ1n) is 9.99. The van der Waals surface area contributed by atoms with Crippen molar-refractivity contribution in [2.24, 2.45) is 4.99 Å². The van der Waals surface area contributed by atoms with Gasteiger partial charge in [-0.15, -0.1) is 0 Å². The maximum atomic E-state index is 12.5. The van der Waals surface area contributed by atoms with Crippen molar-refractivity contribution in [3.05, 3.63) is 64.2 Å². The largest absolute Gasteiger partial charge is 0.341 e. The Morgan fingerprint density at radius 3 is 2.65 bits per heavy atom. The Morgan fingerprint density at radius 1 is 1.19 bits per heavy atom. The van der Waals surface area contributed by atoms with Gasteiger partial charge in [0, 0.05) is 17.3 Å². The summed E-state index contributed by atoms with van der Waals surface area (Å²) in [7, 11) is -3.10. The summed E-state index contributed by atoms with van der Waals surface area (Å²) in [5, 5.41) is 4.32. The zero-order valence-corrected chi connectivity index (χ0v) is 19.7. The normalized spacial score (nSPS) is 21.6. The minimum absolute atomic E-state index is 0.0631. The summed E-state index contributed by atoms with van der Waals surface area (Å²) in [6.45, 7) is 4.50. The molecular formula is C22H24ClN3O3S2. The molecule has 31 heavy (non-hydrogen) atoms. The van der Waals surface area contributed by atoms with Crippen molar-refractivity contribution in [3.63, 3.8) is 0 Å². The number of thioether (sulfide) groups is 1. The van der Waals surface area contributed by atoms with Gasteiger partial charge in [-0.3, -0.25) is 9.79 Å². The topological polar surface area (TPSA) is 78.8 Å². The molecule has 2 atom stereocenters. The second kappa shape index (κ2) is 8.84. The van der Waals surface area contributed by atoms with Crippen LogP contribution in [0.5, 0.6) is 0 Å². The number of hydrogen-bond acceptors (Lipinski definition) is 6. The highest BCUT2D eigenvalue weighted by molar-refractivity contribution is 8.14. The van der Waals surface area contributed by atoms with Crippen molar-refractivity contribution in [1.29, 1.82) is 0 Å². The lowest BCUT2D eigenvalue weighted by atomic mass is 10.1. The van der Waals surface area contributed by atoms with Gasteiger partial charge in [-0.1, -0.05) is 53.2 Å². The molecular weight excluding hydrogens is 454 g/mol. The molecule has 0 aliphatic carbocycles. The van der Waals surface area contributed by atoms with Gasteiger partial charge < -0.3 is 10.2 Å². The molecule has 1 N–H and O–H groups in total. The molecule has 2 aromatic rings. The highest BCUT2D eigenvalue weighted by atomic mass is 35.5. The van der Waals surface area contributed by atoms with Crippen LogP contribution in [0.15, 0.2) is 47.5 Å². The van der Waals surface area contributed by atoms with Gasteiger partial charge in [-0.2, -0.15) is 0 Å². The number of hydrogen-bond donors (Lipinski definition) is 1. The minimum Gasteiger partial charge on any atom is -0.341 e. The van der Waals surface area contributed by atoms with E-state index in [1.165, 1.54) is 11.8 Å². The first-order valence-corrected chi connectivity index (χ1v) is 13.2. The summed E-state index contributed by atoms with van der Waals surface area (Å²) in [5.74, 6) is 0.243. The third kappa shape index (κ3) is 5.25. The van der Waals surface area contributed by atoms with E-state index in [0.29, 0.717) is 11.6 Å². The van der Waals surface area contributed by atoms with Crippen molar-refractivity contribution in [2.75, 3.05) is 22.6 Å². The van der Waals surface area contributed by atoms with E-state index in [9.17, 15) is 13.2 Å². The molecule has 2 heterocycles. The summed E-state index contributed by atoms with van der Waals surface area (Å²) in [5.41, 5.74) is 3.97. The Hall–Kier alpha value is -2.03. The van der Waals surface area contributed by atoms with E-state index in [1.807, 2.05) is 61.2 Å². The standard InChI is InChI=1S/C22H24ClN3O3S2/c1-14-3-8-18(15(2)9-14)24-21(27)11-30-22-25-19-12-31(28,29)13-20(19)26(22)10-16-4-6-17(23)7-5-16/h3-9,19-20H,10-13H2,1-2H3,(H,24,27)/t19-,20+/m1/s1. The maximum absolute atomic E-state index is 12.5. The fourth-order valence-electron chi connectivity index (χ4n) is 3.95. The van der Waals surface area contributed by atoms with Gasteiger partial charge in [0.2, 0.25) is 5.91 Å². The Balaban J connectivity index is 1.45. The molecule has 9 heteroatoms. The van der Waals surface area contributed by atoms with Gasteiger partial charge in [0.05, 0.1) is 29.3 Å². The van der Waals surface area contributed by atoms with E-state index in [0.717, 1.165) is 27.5 Å². The van der Waals surface area contributed by atoms with Crippen molar-refractivity contribution in [1.82, 2.24) is 4.90 Å². The Kier molecular flexibility index (Phi) is 6.32. The monoisotopic (exact) mass is 477 g/mol. The van der Waals surface area contributed by atoms with Gasteiger partial charge in [0.15, 0.2) is 15.0 Å². The van der Waals surface area contributed by atoms with E-state index in [4.69, 9.17) is 11.6 Å². The molecule has 1 fully saturated rings. The van der Waals surface area contributed by atoms with Crippen LogP contribution < -0.4 is 5.32 Å². The molecule has 0 saturated carbocycles. The summed E-state index contributed by atoms with van der Waals surface area (Å²) >= 11 is 7.34. The van der Waals surface area contributed by atoms with Gasteiger partial charge in [0.25, 0.3) is 0 Å². The van der Waals surface area contributed by atoms with Crippen LogP contribution in [0.3, 0.4) is 0 Å². The molecule has 0 radical (unpaired) electrons. The number of benzene rings is 2. The van der Waals surface area contributed by atoms with Gasteiger partial charge >= 0.3 is 0 Å². The van der Waals surface area contributed by atoms with Gasteiger partial charge in [-0.25, -0.2) is 8.42 Å². The predicted octanol–water partition coefficient (Wildman–Crippen LogP) is 3.67. The molecule has 164 valence electrons. The van der Waals surface area contributed by atoms with Crippen molar-refractivity contribution in [3.8, 4) is 0 Å². The van der Waals surface area contributed by atoms with Crippen LogP contribution in [-0.2, 0) is 21.2 Å². The lowest BCUT2D eigenvalue weighted by molar-refractivity contribution is -0.113. The molecule has 0 unspecified atom stereocenters. The number of carbonyl (C=O) groups is 1. The molecule has 6 nitrogen and oxygen atoms in total. The average molecular weight is 478 g/mol.